The number of imide groups is 1. The van der Waals surface area contributed by atoms with Gasteiger partial charge in [0.2, 0.25) is 11.9 Å². The van der Waals surface area contributed by atoms with Gasteiger partial charge in [0.15, 0.2) is 0 Å². The summed E-state index contributed by atoms with van der Waals surface area (Å²) in [5, 5.41) is 4.15. The lowest BCUT2D eigenvalue weighted by Gasteiger charge is -2.31. The quantitative estimate of drug-likeness (QED) is 0.773. The third-order valence-corrected chi connectivity index (χ3v) is 5.19. The summed E-state index contributed by atoms with van der Waals surface area (Å²) in [5.74, 6) is 0.874. The third kappa shape index (κ3) is 3.42. The van der Waals surface area contributed by atoms with Crippen molar-refractivity contribution in [2.24, 2.45) is 4.99 Å². The number of halogens is 1. The maximum atomic E-state index is 12.7. The number of carbonyl (C=O) groups is 2. The summed E-state index contributed by atoms with van der Waals surface area (Å²) in [7, 11) is 3.16. The number of allylic oxidation sites excluding steroid dienone is 1. The molecule has 0 bridgehead atoms. The number of guanidine groups is 1. The second kappa shape index (κ2) is 7.15. The fourth-order valence-electron chi connectivity index (χ4n) is 3.56. The van der Waals surface area contributed by atoms with E-state index in [1.807, 2.05) is 10.7 Å². The molecule has 1 N–H and O–H groups in total. The number of nitrogens with zero attached hydrogens (tertiary/aromatic N) is 4. The van der Waals surface area contributed by atoms with Crippen LogP contribution in [0.3, 0.4) is 0 Å². The molecule has 8 heteroatoms. The van der Waals surface area contributed by atoms with Gasteiger partial charge in [-0.1, -0.05) is 35.9 Å². The first-order chi connectivity index (χ1) is 11.9. The smallest absolute Gasteiger partial charge is 0.272 e. The standard InChI is InChI=1S/C17H24ClN5O2/c1-11(18)9-10-23-13-14(21(2)17(25)22(3)15(13)24)20-16(23)19-12-7-5-4-6-8-12/h9,12-13H,4-8,10H2,1-3H3/p+1/b11-9+. The summed E-state index contributed by atoms with van der Waals surface area (Å²) in [4.78, 5) is 32.1. The zero-order valence-electron chi connectivity index (χ0n) is 15.0. The minimum atomic E-state index is -0.592. The fourth-order valence-corrected chi connectivity index (χ4v) is 3.63. The van der Waals surface area contributed by atoms with Crippen LogP contribution >= 0.6 is 11.6 Å². The van der Waals surface area contributed by atoms with Crippen molar-refractivity contribution in [2.75, 3.05) is 20.6 Å². The van der Waals surface area contributed by atoms with Crippen molar-refractivity contribution in [2.45, 2.75) is 51.1 Å². The van der Waals surface area contributed by atoms with E-state index in [0.717, 1.165) is 17.7 Å². The Kier molecular flexibility index (Phi) is 5.13. The minimum Gasteiger partial charge on any atom is -0.272 e. The molecule has 25 heavy (non-hydrogen) atoms. The van der Waals surface area contributed by atoms with Crippen LogP contribution in [0.15, 0.2) is 16.1 Å². The van der Waals surface area contributed by atoms with Crippen LogP contribution < -0.4 is 5.32 Å². The molecule has 1 aliphatic carbocycles. The molecule has 136 valence electrons. The molecule has 1 saturated heterocycles. The molecular formula is C17H25ClN5O2+. The Morgan fingerprint density at radius 2 is 1.96 bits per heavy atom. The highest BCUT2D eigenvalue weighted by atomic mass is 35.5. The number of rotatable bonds is 3. The predicted octanol–water partition coefficient (Wildman–Crippen LogP) is 1.72. The van der Waals surface area contributed by atoms with Gasteiger partial charge in [-0.05, 0) is 25.8 Å². The van der Waals surface area contributed by atoms with E-state index in [1.54, 1.807) is 14.0 Å². The van der Waals surface area contributed by atoms with Gasteiger partial charge in [-0.2, -0.15) is 0 Å². The lowest BCUT2D eigenvalue weighted by atomic mass is 9.96. The van der Waals surface area contributed by atoms with Gasteiger partial charge in [0.1, 0.15) is 0 Å². The molecule has 0 radical (unpaired) electrons. The first-order valence-corrected chi connectivity index (χ1v) is 9.14. The summed E-state index contributed by atoms with van der Waals surface area (Å²) < 4.78 is 1.90. The summed E-state index contributed by atoms with van der Waals surface area (Å²) >= 11 is 6.00. The average molecular weight is 367 g/mol. The van der Waals surface area contributed by atoms with Gasteiger partial charge in [0.25, 0.3) is 5.91 Å². The lowest BCUT2D eigenvalue weighted by Crippen LogP contribution is -2.61. The van der Waals surface area contributed by atoms with Crippen molar-refractivity contribution >= 4 is 35.3 Å². The van der Waals surface area contributed by atoms with Gasteiger partial charge in [0, 0.05) is 19.1 Å². The molecule has 3 amide bonds. The molecular weight excluding hydrogens is 342 g/mol. The molecule has 2 fully saturated rings. The van der Waals surface area contributed by atoms with Gasteiger partial charge >= 0.3 is 12.0 Å². The van der Waals surface area contributed by atoms with E-state index in [0.29, 0.717) is 29.4 Å². The molecule has 1 unspecified atom stereocenters. The maximum absolute atomic E-state index is 12.7. The topological polar surface area (TPSA) is 68.0 Å². The average Bonchev–Trinajstić information content (AvgIpc) is 2.95. The molecule has 0 aromatic rings. The van der Waals surface area contributed by atoms with E-state index < -0.39 is 6.04 Å². The Morgan fingerprint density at radius 3 is 2.60 bits per heavy atom. The number of fused-ring (bicyclic) bond motifs is 1. The zero-order valence-corrected chi connectivity index (χ0v) is 15.7. The van der Waals surface area contributed by atoms with Crippen LogP contribution in [-0.4, -0.2) is 70.8 Å². The van der Waals surface area contributed by atoms with Crippen LogP contribution in [-0.2, 0) is 4.79 Å². The molecule has 7 nitrogen and oxygen atoms in total. The SMILES string of the molecule is C/C(Cl)=C\C[N+]1=C(NC2CCCCC2)N=C2C1C(=O)N(C)C(=O)N2C. The Labute approximate surface area is 153 Å². The second-order valence-corrected chi connectivity index (χ2v) is 7.45. The first kappa shape index (κ1) is 17.9. The van der Waals surface area contributed by atoms with Gasteiger partial charge in [-0.25, -0.2) is 9.37 Å². The fraction of sp³-hybridized carbons (Fsp3) is 0.647. The molecule has 0 aromatic carbocycles. The molecule has 1 saturated carbocycles. The molecule has 2 heterocycles. The summed E-state index contributed by atoms with van der Waals surface area (Å²) in [6.07, 6.45) is 7.71. The van der Waals surface area contributed by atoms with Crippen molar-refractivity contribution in [3.8, 4) is 0 Å². The highest BCUT2D eigenvalue weighted by Crippen LogP contribution is 2.21. The number of amides is 3. The number of nitrogens with one attached hydrogen (secondary N) is 1. The van der Waals surface area contributed by atoms with Crippen molar-refractivity contribution in [3.63, 3.8) is 0 Å². The number of likely N-dealkylation sites (N-methyl/N-ethyl adjacent to an activating group) is 2. The molecule has 0 aromatic heterocycles. The van der Waals surface area contributed by atoms with Gasteiger partial charge in [-0.15, -0.1) is 0 Å². The number of aliphatic imine (C=N–C) groups is 1. The number of hydrogen-bond acceptors (Lipinski definition) is 4. The van der Waals surface area contributed by atoms with Crippen molar-refractivity contribution in [1.82, 2.24) is 15.1 Å². The highest BCUT2D eigenvalue weighted by molar-refractivity contribution is 6.29. The lowest BCUT2D eigenvalue weighted by molar-refractivity contribution is -0.527. The third-order valence-electron chi connectivity index (χ3n) is 5.04. The second-order valence-electron chi connectivity index (χ2n) is 6.86. The maximum Gasteiger partial charge on any atom is 0.390 e. The van der Waals surface area contributed by atoms with Crippen molar-refractivity contribution in [3.05, 3.63) is 11.1 Å². The Hall–Kier alpha value is -1.89. The number of hydrogen-bond donors (Lipinski definition) is 1. The Morgan fingerprint density at radius 1 is 1.28 bits per heavy atom. The van der Waals surface area contributed by atoms with E-state index >= 15 is 0 Å². The molecule has 2 aliphatic heterocycles. The van der Waals surface area contributed by atoms with Crippen LogP contribution in [0.25, 0.3) is 0 Å². The Bertz CT molecular complexity index is 675. The normalized spacial score (nSPS) is 25.5. The summed E-state index contributed by atoms with van der Waals surface area (Å²) in [6.45, 7) is 2.27. The largest absolute Gasteiger partial charge is 0.390 e. The van der Waals surface area contributed by atoms with Crippen molar-refractivity contribution in [1.29, 1.82) is 0 Å². The van der Waals surface area contributed by atoms with E-state index in [4.69, 9.17) is 11.6 Å². The molecule has 1 atom stereocenters. The van der Waals surface area contributed by atoms with E-state index in [9.17, 15) is 9.59 Å². The molecule has 3 rings (SSSR count). The monoisotopic (exact) mass is 366 g/mol. The van der Waals surface area contributed by atoms with Gasteiger partial charge in [-0.3, -0.25) is 19.9 Å². The van der Waals surface area contributed by atoms with Crippen LogP contribution in [0.1, 0.15) is 39.0 Å². The zero-order chi connectivity index (χ0) is 18.1. The van der Waals surface area contributed by atoms with E-state index in [1.165, 1.54) is 31.2 Å². The van der Waals surface area contributed by atoms with E-state index in [2.05, 4.69) is 10.3 Å². The van der Waals surface area contributed by atoms with Crippen LogP contribution in [0.4, 0.5) is 4.79 Å². The summed E-state index contributed by atoms with van der Waals surface area (Å²) in [5.41, 5.74) is 0. The molecule has 3 aliphatic rings. The summed E-state index contributed by atoms with van der Waals surface area (Å²) in [6, 6.07) is -0.598. The van der Waals surface area contributed by atoms with Crippen LogP contribution in [0.5, 0.6) is 0 Å². The van der Waals surface area contributed by atoms with E-state index in [-0.39, 0.29) is 11.9 Å². The van der Waals surface area contributed by atoms with Gasteiger partial charge in [0.05, 0.1) is 12.6 Å². The van der Waals surface area contributed by atoms with Gasteiger partial charge < -0.3 is 0 Å². The first-order valence-electron chi connectivity index (χ1n) is 8.76. The van der Waals surface area contributed by atoms with Crippen molar-refractivity contribution < 1.29 is 14.2 Å². The number of amidine groups is 1. The number of urea groups is 1. The van der Waals surface area contributed by atoms with Crippen LogP contribution in [0, 0.1) is 0 Å². The van der Waals surface area contributed by atoms with Crippen LogP contribution in [0.2, 0.25) is 0 Å². The number of carbonyl (C=O) groups excluding carboxylic acids is 2. The highest BCUT2D eigenvalue weighted by Gasteiger charge is 2.51. The minimum absolute atomic E-state index is 0.261. The predicted molar refractivity (Wildman–Crippen MR) is 96.9 cm³/mol. The Balaban J connectivity index is 1.94. The molecule has 0 spiro atoms.